The van der Waals surface area contributed by atoms with Crippen molar-refractivity contribution in [2.24, 2.45) is 4.99 Å². The normalized spacial score (nSPS) is 20.0. The Morgan fingerprint density at radius 3 is 2.14 bits per heavy atom. The molecule has 1 aliphatic heterocycles. The summed E-state index contributed by atoms with van der Waals surface area (Å²) < 4.78 is 5.62. The van der Waals surface area contributed by atoms with E-state index in [4.69, 9.17) is 4.74 Å². The molecule has 152 valence electrons. The molecule has 1 heterocycles. The summed E-state index contributed by atoms with van der Waals surface area (Å²) in [4.78, 5) is 32.3. The Hall–Kier alpha value is -2.95. The third-order valence-electron chi connectivity index (χ3n) is 4.84. The van der Waals surface area contributed by atoms with E-state index in [1.165, 1.54) is 11.2 Å². The van der Waals surface area contributed by atoms with Crippen LogP contribution in [-0.2, 0) is 27.2 Å². The smallest absolute Gasteiger partial charge is 0.330 e. The molecule has 0 bridgehead atoms. The number of ether oxygens (including phenoxy) is 1. The third-order valence-corrected chi connectivity index (χ3v) is 4.84. The highest BCUT2D eigenvalue weighted by atomic mass is 16.6. The van der Waals surface area contributed by atoms with E-state index in [2.05, 4.69) is 4.99 Å². The predicted molar refractivity (Wildman–Crippen MR) is 114 cm³/mol. The van der Waals surface area contributed by atoms with Crippen LogP contribution >= 0.6 is 0 Å². The van der Waals surface area contributed by atoms with Crippen molar-refractivity contribution in [2.75, 3.05) is 0 Å². The zero-order valence-corrected chi connectivity index (χ0v) is 17.5. The maximum Gasteiger partial charge on any atom is 0.330 e. The molecule has 0 radical (unpaired) electrons. The molecule has 2 atom stereocenters. The fraction of sp³-hybridized carbons (Fsp3) is 0.375. The van der Waals surface area contributed by atoms with Crippen molar-refractivity contribution in [3.05, 3.63) is 71.8 Å². The highest BCUT2D eigenvalue weighted by Gasteiger charge is 2.45. The zero-order valence-electron chi connectivity index (χ0n) is 17.5. The van der Waals surface area contributed by atoms with E-state index in [1.807, 2.05) is 88.4 Å². The van der Waals surface area contributed by atoms with Crippen LogP contribution in [0, 0.1) is 0 Å². The minimum atomic E-state index is -0.932. The summed E-state index contributed by atoms with van der Waals surface area (Å²) in [6.07, 6.45) is 2.35. The summed E-state index contributed by atoms with van der Waals surface area (Å²) in [5.41, 5.74) is 0.415. The number of amides is 1. The van der Waals surface area contributed by atoms with Gasteiger partial charge in [0.15, 0.2) is 0 Å². The minimum absolute atomic E-state index is 0.187. The van der Waals surface area contributed by atoms with Gasteiger partial charge in [-0.15, -0.1) is 0 Å². The van der Waals surface area contributed by atoms with Crippen LogP contribution in [0.15, 0.2) is 65.7 Å². The van der Waals surface area contributed by atoms with Gasteiger partial charge in [0.2, 0.25) is 0 Å². The Labute approximate surface area is 172 Å². The first kappa shape index (κ1) is 20.8. The van der Waals surface area contributed by atoms with Gasteiger partial charge in [0, 0.05) is 12.8 Å². The fourth-order valence-corrected chi connectivity index (χ4v) is 3.41. The molecule has 5 heteroatoms. The van der Waals surface area contributed by atoms with Crippen LogP contribution in [-0.4, -0.2) is 40.3 Å². The Morgan fingerprint density at radius 1 is 1.03 bits per heavy atom. The van der Waals surface area contributed by atoms with Crippen molar-refractivity contribution >= 4 is 18.2 Å². The Bertz CT molecular complexity index is 887. The second-order valence-corrected chi connectivity index (χ2v) is 8.63. The molecule has 0 saturated heterocycles. The predicted octanol–water partition coefficient (Wildman–Crippen LogP) is 3.81. The molecular weight excluding hydrogens is 364 g/mol. The number of benzene rings is 2. The Balaban J connectivity index is 1.84. The standard InChI is InChI=1S/C24H28N2O3/c1-23(2,3)29-21(27)20(15-18-11-7-5-8-12-18)26-17-25-24(4,22(26)28)16-19-13-9-6-10-14-19/h5-14,17,20H,15-16H2,1-4H3. The van der Waals surface area contributed by atoms with Crippen LogP contribution in [0.25, 0.3) is 0 Å². The minimum Gasteiger partial charge on any atom is -0.458 e. The largest absolute Gasteiger partial charge is 0.458 e. The molecule has 0 aromatic heterocycles. The van der Waals surface area contributed by atoms with Crippen LogP contribution in [0.5, 0.6) is 0 Å². The van der Waals surface area contributed by atoms with Crippen LogP contribution < -0.4 is 0 Å². The van der Waals surface area contributed by atoms with Crippen molar-refractivity contribution in [3.8, 4) is 0 Å². The molecule has 1 aliphatic rings. The van der Waals surface area contributed by atoms with E-state index in [0.29, 0.717) is 12.8 Å². The molecular formula is C24H28N2O3. The van der Waals surface area contributed by atoms with E-state index in [9.17, 15) is 9.59 Å². The lowest BCUT2D eigenvalue weighted by Crippen LogP contribution is -2.50. The number of aliphatic imine (C=N–C) groups is 1. The average Bonchev–Trinajstić information content (AvgIpc) is 2.94. The molecule has 5 nitrogen and oxygen atoms in total. The quantitative estimate of drug-likeness (QED) is 0.703. The van der Waals surface area contributed by atoms with E-state index in [-0.39, 0.29) is 5.91 Å². The van der Waals surface area contributed by atoms with Crippen molar-refractivity contribution in [3.63, 3.8) is 0 Å². The first-order chi connectivity index (χ1) is 13.7. The summed E-state index contributed by atoms with van der Waals surface area (Å²) in [6.45, 7) is 7.28. The van der Waals surface area contributed by atoms with E-state index >= 15 is 0 Å². The monoisotopic (exact) mass is 392 g/mol. The summed E-state index contributed by atoms with van der Waals surface area (Å²) in [6, 6.07) is 18.7. The Kier molecular flexibility index (Phi) is 5.87. The SMILES string of the molecule is CC(C)(C)OC(=O)C(Cc1ccccc1)N1C=NC(C)(Cc2ccccc2)C1=O. The van der Waals surface area contributed by atoms with Gasteiger partial charge in [-0.25, -0.2) is 4.79 Å². The molecule has 29 heavy (non-hydrogen) atoms. The lowest BCUT2D eigenvalue weighted by Gasteiger charge is -2.30. The molecule has 0 N–H and O–H groups in total. The number of carbonyl (C=O) groups is 2. The van der Waals surface area contributed by atoms with Gasteiger partial charge in [-0.05, 0) is 38.8 Å². The van der Waals surface area contributed by atoms with Gasteiger partial charge < -0.3 is 4.74 Å². The summed E-state index contributed by atoms with van der Waals surface area (Å²) in [5, 5.41) is 0. The van der Waals surface area contributed by atoms with E-state index in [0.717, 1.165) is 11.1 Å². The highest BCUT2D eigenvalue weighted by Crippen LogP contribution is 2.27. The first-order valence-electron chi connectivity index (χ1n) is 9.87. The summed E-state index contributed by atoms with van der Waals surface area (Å²) in [5.74, 6) is -0.613. The molecule has 0 fully saturated rings. The maximum atomic E-state index is 13.3. The molecule has 0 spiro atoms. The number of esters is 1. The second kappa shape index (κ2) is 8.19. The molecule has 2 aromatic carbocycles. The summed E-state index contributed by atoms with van der Waals surface area (Å²) in [7, 11) is 0. The molecule has 0 aliphatic carbocycles. The third kappa shape index (κ3) is 5.11. The van der Waals surface area contributed by atoms with Crippen molar-refractivity contribution in [1.29, 1.82) is 0 Å². The zero-order chi connectivity index (χ0) is 21.1. The van der Waals surface area contributed by atoms with Crippen LogP contribution in [0.2, 0.25) is 0 Å². The van der Waals surface area contributed by atoms with E-state index in [1.54, 1.807) is 0 Å². The summed E-state index contributed by atoms with van der Waals surface area (Å²) >= 11 is 0. The number of rotatable bonds is 6. The van der Waals surface area contributed by atoms with Crippen LogP contribution in [0.3, 0.4) is 0 Å². The molecule has 1 amide bonds. The van der Waals surface area contributed by atoms with Gasteiger partial charge in [0.05, 0.1) is 6.34 Å². The van der Waals surface area contributed by atoms with Gasteiger partial charge in [0.25, 0.3) is 5.91 Å². The van der Waals surface area contributed by atoms with Gasteiger partial charge >= 0.3 is 5.97 Å². The van der Waals surface area contributed by atoms with Gasteiger partial charge in [0.1, 0.15) is 17.2 Å². The fourth-order valence-electron chi connectivity index (χ4n) is 3.41. The van der Waals surface area contributed by atoms with Crippen molar-refractivity contribution in [2.45, 2.75) is 57.7 Å². The molecule has 2 aromatic rings. The van der Waals surface area contributed by atoms with Gasteiger partial charge in [-0.3, -0.25) is 14.7 Å². The van der Waals surface area contributed by atoms with Crippen molar-refractivity contribution < 1.29 is 14.3 Å². The lowest BCUT2D eigenvalue weighted by molar-refractivity contribution is -0.162. The highest BCUT2D eigenvalue weighted by molar-refractivity contribution is 6.03. The van der Waals surface area contributed by atoms with Gasteiger partial charge in [-0.1, -0.05) is 60.7 Å². The topological polar surface area (TPSA) is 59.0 Å². The Morgan fingerprint density at radius 2 is 1.59 bits per heavy atom. The molecule has 0 saturated carbocycles. The van der Waals surface area contributed by atoms with Gasteiger partial charge in [-0.2, -0.15) is 0 Å². The number of carbonyl (C=O) groups excluding carboxylic acids is 2. The first-order valence-corrected chi connectivity index (χ1v) is 9.87. The molecule has 3 rings (SSSR count). The van der Waals surface area contributed by atoms with E-state index < -0.39 is 23.2 Å². The molecule has 2 unspecified atom stereocenters. The number of hydrogen-bond donors (Lipinski definition) is 0. The number of nitrogens with zero attached hydrogens (tertiary/aromatic N) is 2. The average molecular weight is 392 g/mol. The van der Waals surface area contributed by atoms with Crippen molar-refractivity contribution in [1.82, 2.24) is 4.90 Å². The number of hydrogen-bond acceptors (Lipinski definition) is 4. The van der Waals surface area contributed by atoms with Crippen LogP contribution in [0.1, 0.15) is 38.8 Å². The lowest BCUT2D eigenvalue weighted by atomic mass is 9.92. The maximum absolute atomic E-state index is 13.3. The van der Waals surface area contributed by atoms with Crippen LogP contribution in [0.4, 0.5) is 0 Å². The second-order valence-electron chi connectivity index (χ2n) is 8.63.